The van der Waals surface area contributed by atoms with Gasteiger partial charge >= 0.3 is 5.97 Å². The molecule has 1 saturated carbocycles. The van der Waals surface area contributed by atoms with Crippen molar-refractivity contribution in [3.63, 3.8) is 0 Å². The lowest BCUT2D eigenvalue weighted by molar-refractivity contribution is -0.154. The van der Waals surface area contributed by atoms with Crippen molar-refractivity contribution in [1.82, 2.24) is 4.98 Å². The number of nitrogens with zero attached hydrogens (tertiary/aromatic N) is 1. The molecule has 5 heteroatoms. The number of halogens is 1. The molecule has 0 unspecified atom stereocenters. The average Bonchev–Trinajstić information content (AvgIpc) is 2.51. The molecule has 21 heavy (non-hydrogen) atoms. The van der Waals surface area contributed by atoms with Crippen molar-refractivity contribution in [3.8, 4) is 18.2 Å². The zero-order chi connectivity index (χ0) is 15.3. The molecule has 1 heterocycles. The van der Waals surface area contributed by atoms with Crippen LogP contribution < -0.4 is 4.74 Å². The summed E-state index contributed by atoms with van der Waals surface area (Å²) in [5.41, 5.74) is -0.789. The first-order valence-corrected chi connectivity index (χ1v) is 7.82. The Hall–Kier alpha value is -1.54. The predicted octanol–water partition coefficient (Wildman–Crippen LogP) is 3.35. The zero-order valence-corrected chi connectivity index (χ0v) is 13.6. The number of terminal acetylenes is 1. The van der Waals surface area contributed by atoms with Gasteiger partial charge in [-0.3, -0.25) is 4.79 Å². The first kappa shape index (κ1) is 15.8. The van der Waals surface area contributed by atoms with E-state index in [-0.39, 0.29) is 12.1 Å². The molecule has 1 aliphatic carbocycles. The van der Waals surface area contributed by atoms with Gasteiger partial charge in [-0.05, 0) is 54.6 Å². The van der Waals surface area contributed by atoms with Gasteiger partial charge in [-0.25, -0.2) is 4.98 Å². The lowest BCUT2D eigenvalue weighted by atomic mass is 9.74. The molecule has 112 valence electrons. The fourth-order valence-electron chi connectivity index (χ4n) is 2.48. The van der Waals surface area contributed by atoms with Crippen LogP contribution in [0.15, 0.2) is 22.8 Å². The van der Waals surface area contributed by atoms with Gasteiger partial charge in [0.2, 0.25) is 5.88 Å². The van der Waals surface area contributed by atoms with Crippen LogP contribution in [0.1, 0.15) is 32.6 Å². The molecular formula is C16H18BrNO3. The number of carbonyl (C=O) groups is 1. The van der Waals surface area contributed by atoms with E-state index in [1.54, 1.807) is 13.1 Å². The zero-order valence-electron chi connectivity index (χ0n) is 12.0. The Kier molecular flexibility index (Phi) is 5.24. The molecule has 0 aromatic carbocycles. The third kappa shape index (κ3) is 3.76. The highest BCUT2D eigenvalue weighted by atomic mass is 79.9. The second-order valence-corrected chi connectivity index (χ2v) is 5.99. The van der Waals surface area contributed by atoms with E-state index in [1.807, 2.05) is 12.1 Å². The van der Waals surface area contributed by atoms with Crippen molar-refractivity contribution in [2.75, 3.05) is 6.61 Å². The summed E-state index contributed by atoms with van der Waals surface area (Å²) < 4.78 is 11.8. The van der Waals surface area contributed by atoms with Crippen LogP contribution in [-0.4, -0.2) is 23.7 Å². The first-order chi connectivity index (χ1) is 10.1. The van der Waals surface area contributed by atoms with Gasteiger partial charge in [-0.1, -0.05) is 5.92 Å². The van der Waals surface area contributed by atoms with Crippen LogP contribution in [0.4, 0.5) is 0 Å². The summed E-state index contributed by atoms with van der Waals surface area (Å²) in [6.07, 6.45) is 9.93. The first-order valence-electron chi connectivity index (χ1n) is 7.03. The molecule has 0 bridgehead atoms. The van der Waals surface area contributed by atoms with Gasteiger partial charge in [0.25, 0.3) is 0 Å². The molecule has 0 aliphatic heterocycles. The molecule has 0 saturated heterocycles. The van der Waals surface area contributed by atoms with Crippen LogP contribution in [0.5, 0.6) is 5.88 Å². The van der Waals surface area contributed by atoms with Crippen molar-refractivity contribution >= 4 is 21.9 Å². The van der Waals surface area contributed by atoms with E-state index in [2.05, 4.69) is 26.8 Å². The third-order valence-electron chi connectivity index (χ3n) is 3.72. The molecule has 1 aliphatic rings. The van der Waals surface area contributed by atoms with Crippen LogP contribution in [0, 0.1) is 17.8 Å². The van der Waals surface area contributed by atoms with E-state index in [1.165, 1.54) is 0 Å². The van der Waals surface area contributed by atoms with Gasteiger partial charge in [-0.2, -0.15) is 0 Å². The van der Waals surface area contributed by atoms with E-state index in [4.69, 9.17) is 15.9 Å². The number of rotatable bonds is 4. The van der Waals surface area contributed by atoms with E-state index in [0.29, 0.717) is 25.3 Å². The second kappa shape index (κ2) is 6.95. The van der Waals surface area contributed by atoms with Gasteiger partial charge in [0.1, 0.15) is 11.5 Å². The standard InChI is InChI=1S/C16H18BrNO3/c1-3-16(15(19)20-4-2)9-7-13(8-10-16)21-14-6-5-12(17)11-18-14/h1,5-6,11,13H,4,7-10H2,2H3. The molecule has 0 spiro atoms. The highest BCUT2D eigenvalue weighted by Gasteiger charge is 2.42. The van der Waals surface area contributed by atoms with Crippen LogP contribution in [0.3, 0.4) is 0 Å². The van der Waals surface area contributed by atoms with Gasteiger partial charge in [0.15, 0.2) is 0 Å². The van der Waals surface area contributed by atoms with Gasteiger partial charge in [-0.15, -0.1) is 6.42 Å². The maximum atomic E-state index is 12.0. The highest BCUT2D eigenvalue weighted by Crippen LogP contribution is 2.38. The molecule has 4 nitrogen and oxygen atoms in total. The molecular weight excluding hydrogens is 334 g/mol. The number of pyridine rings is 1. The summed E-state index contributed by atoms with van der Waals surface area (Å²) in [4.78, 5) is 16.2. The minimum absolute atomic E-state index is 0.0366. The maximum absolute atomic E-state index is 12.0. The van der Waals surface area contributed by atoms with Crippen LogP contribution in [0.2, 0.25) is 0 Å². The van der Waals surface area contributed by atoms with E-state index >= 15 is 0 Å². The Bertz CT molecular complexity index is 527. The van der Waals surface area contributed by atoms with Crippen LogP contribution >= 0.6 is 15.9 Å². The van der Waals surface area contributed by atoms with Crippen molar-refractivity contribution in [1.29, 1.82) is 0 Å². The monoisotopic (exact) mass is 351 g/mol. The smallest absolute Gasteiger partial charge is 0.324 e. The number of aromatic nitrogens is 1. The van der Waals surface area contributed by atoms with Crippen molar-refractivity contribution in [3.05, 3.63) is 22.8 Å². The molecule has 0 radical (unpaired) electrons. The molecule has 0 amide bonds. The van der Waals surface area contributed by atoms with E-state index in [0.717, 1.165) is 17.3 Å². The maximum Gasteiger partial charge on any atom is 0.324 e. The number of hydrogen-bond donors (Lipinski definition) is 0. The normalized spacial score (nSPS) is 24.9. The molecule has 1 aromatic heterocycles. The van der Waals surface area contributed by atoms with Gasteiger partial charge in [0.05, 0.1) is 6.61 Å². The molecule has 1 aromatic rings. The topological polar surface area (TPSA) is 48.4 Å². The van der Waals surface area contributed by atoms with Gasteiger partial charge < -0.3 is 9.47 Å². The Balaban J connectivity index is 1.94. The highest BCUT2D eigenvalue weighted by molar-refractivity contribution is 9.10. The Labute approximate surface area is 133 Å². The minimum atomic E-state index is -0.789. The lowest BCUT2D eigenvalue weighted by Gasteiger charge is -2.34. The lowest BCUT2D eigenvalue weighted by Crippen LogP contribution is -2.38. The van der Waals surface area contributed by atoms with Crippen molar-refractivity contribution in [2.24, 2.45) is 5.41 Å². The quantitative estimate of drug-likeness (QED) is 0.616. The molecule has 2 rings (SSSR count). The minimum Gasteiger partial charge on any atom is -0.474 e. The SMILES string of the molecule is C#CC1(C(=O)OCC)CCC(Oc2ccc(Br)cn2)CC1. The predicted molar refractivity (Wildman–Crippen MR) is 82.7 cm³/mol. The summed E-state index contributed by atoms with van der Waals surface area (Å²) in [6.45, 7) is 2.14. The largest absolute Gasteiger partial charge is 0.474 e. The summed E-state index contributed by atoms with van der Waals surface area (Å²) in [5, 5.41) is 0. The summed E-state index contributed by atoms with van der Waals surface area (Å²) in [6, 6.07) is 3.70. The number of esters is 1. The fourth-order valence-corrected chi connectivity index (χ4v) is 2.72. The Morgan fingerprint density at radius 1 is 1.52 bits per heavy atom. The molecule has 1 fully saturated rings. The second-order valence-electron chi connectivity index (χ2n) is 5.08. The molecule has 0 N–H and O–H groups in total. The third-order valence-corrected chi connectivity index (χ3v) is 4.19. The van der Waals surface area contributed by atoms with Crippen LogP contribution in [0.25, 0.3) is 0 Å². The number of carbonyl (C=O) groups excluding carboxylic acids is 1. The van der Waals surface area contributed by atoms with E-state index < -0.39 is 5.41 Å². The number of hydrogen-bond acceptors (Lipinski definition) is 4. The Morgan fingerprint density at radius 2 is 2.24 bits per heavy atom. The van der Waals surface area contributed by atoms with E-state index in [9.17, 15) is 4.79 Å². The Morgan fingerprint density at radius 3 is 2.76 bits per heavy atom. The van der Waals surface area contributed by atoms with Crippen molar-refractivity contribution in [2.45, 2.75) is 38.7 Å². The number of ether oxygens (including phenoxy) is 2. The fraction of sp³-hybridized carbons (Fsp3) is 0.500. The average molecular weight is 352 g/mol. The van der Waals surface area contributed by atoms with Crippen molar-refractivity contribution < 1.29 is 14.3 Å². The van der Waals surface area contributed by atoms with Gasteiger partial charge in [0, 0.05) is 16.7 Å². The summed E-state index contributed by atoms with van der Waals surface area (Å²) >= 11 is 3.33. The van der Waals surface area contributed by atoms with Crippen LogP contribution in [-0.2, 0) is 9.53 Å². The summed E-state index contributed by atoms with van der Waals surface area (Å²) in [5.74, 6) is 2.95. The molecule has 0 atom stereocenters. The summed E-state index contributed by atoms with van der Waals surface area (Å²) in [7, 11) is 0.